The van der Waals surface area contributed by atoms with Crippen molar-refractivity contribution >= 4 is 18.1 Å². The van der Waals surface area contributed by atoms with Crippen LogP contribution in [-0.4, -0.2) is 0 Å². The van der Waals surface area contributed by atoms with Crippen molar-refractivity contribution in [3.8, 4) is 0 Å². The largest absolute Gasteiger partial charge is 0.325 e. The lowest BCUT2D eigenvalue weighted by molar-refractivity contribution is -0.255. The first-order chi connectivity index (χ1) is 4.22. The third-order valence-corrected chi connectivity index (χ3v) is 1.72. The van der Waals surface area contributed by atoms with Crippen molar-refractivity contribution in [3.05, 3.63) is 29.3 Å². The van der Waals surface area contributed by atoms with Gasteiger partial charge in [0.15, 0.2) is 0 Å². The standard InChI is InChI=1S/C8H11N.ClH/c1-6-4-3-5-8(9)7(6)2;/h3-5H,9H2,1-2H3;1H/p+1. The fourth-order valence-corrected chi connectivity index (χ4v) is 0.812. The van der Waals surface area contributed by atoms with Crippen molar-refractivity contribution in [1.29, 1.82) is 0 Å². The Morgan fingerprint density at radius 1 is 1.20 bits per heavy atom. The minimum Gasteiger partial charge on any atom is -0.325 e. The first-order valence-corrected chi connectivity index (χ1v) is 3.10. The van der Waals surface area contributed by atoms with Crippen LogP contribution in [0, 0.1) is 13.8 Å². The molecule has 0 amide bonds. The molecule has 0 aliphatic rings. The number of hydrogen-bond acceptors (Lipinski definition) is 0. The zero-order valence-electron chi connectivity index (χ0n) is 6.35. The van der Waals surface area contributed by atoms with E-state index < -0.39 is 0 Å². The van der Waals surface area contributed by atoms with Gasteiger partial charge in [0.1, 0.15) is 5.69 Å². The van der Waals surface area contributed by atoms with Crippen LogP contribution < -0.4 is 5.73 Å². The highest BCUT2D eigenvalue weighted by atomic mass is 35.5. The van der Waals surface area contributed by atoms with Crippen molar-refractivity contribution in [2.75, 3.05) is 0 Å². The average molecular weight is 159 g/mol. The summed E-state index contributed by atoms with van der Waals surface area (Å²) < 4.78 is 0. The van der Waals surface area contributed by atoms with Gasteiger partial charge in [-0.25, -0.2) is 0 Å². The van der Waals surface area contributed by atoms with Gasteiger partial charge in [-0.3, -0.25) is 0 Å². The molecule has 0 saturated heterocycles. The van der Waals surface area contributed by atoms with Crippen LogP contribution in [0.4, 0.5) is 5.69 Å². The Hall–Kier alpha value is -0.530. The van der Waals surface area contributed by atoms with Gasteiger partial charge >= 0.3 is 0 Å². The molecule has 0 unspecified atom stereocenters. The Morgan fingerprint density at radius 2 is 1.80 bits per heavy atom. The summed E-state index contributed by atoms with van der Waals surface area (Å²) >= 11 is 0. The van der Waals surface area contributed by atoms with Gasteiger partial charge in [0.2, 0.25) is 0 Å². The minimum absolute atomic E-state index is 0. The van der Waals surface area contributed by atoms with E-state index in [1.807, 2.05) is 12.1 Å². The molecule has 0 radical (unpaired) electrons. The predicted molar refractivity (Wildman–Crippen MR) is 45.7 cm³/mol. The molecule has 10 heavy (non-hydrogen) atoms. The normalized spacial score (nSPS) is 8.70. The van der Waals surface area contributed by atoms with Gasteiger partial charge < -0.3 is 5.73 Å². The molecular formula is C8H13ClN+. The van der Waals surface area contributed by atoms with Gasteiger partial charge in [-0.05, 0) is 25.5 Å². The number of aryl methyl sites for hydroxylation is 1. The SMILES string of the molecule is Cc1cccc([NH3+])c1C.Cl. The second kappa shape index (κ2) is 3.59. The number of quaternary nitrogens is 1. The van der Waals surface area contributed by atoms with Crippen LogP contribution in [0.5, 0.6) is 0 Å². The third kappa shape index (κ3) is 1.72. The van der Waals surface area contributed by atoms with E-state index in [0.29, 0.717) is 0 Å². The molecule has 0 spiro atoms. The van der Waals surface area contributed by atoms with Crippen LogP contribution in [0.2, 0.25) is 0 Å². The van der Waals surface area contributed by atoms with Crippen molar-refractivity contribution in [2.45, 2.75) is 13.8 Å². The van der Waals surface area contributed by atoms with Gasteiger partial charge in [-0.1, -0.05) is 12.1 Å². The Kier molecular flexibility index (Phi) is 3.40. The van der Waals surface area contributed by atoms with E-state index in [2.05, 4.69) is 25.6 Å². The number of benzene rings is 1. The second-order valence-electron chi connectivity index (χ2n) is 2.36. The van der Waals surface area contributed by atoms with Crippen molar-refractivity contribution in [3.63, 3.8) is 0 Å². The summed E-state index contributed by atoms with van der Waals surface area (Å²) in [5, 5.41) is 0. The quantitative estimate of drug-likeness (QED) is 0.594. The van der Waals surface area contributed by atoms with E-state index >= 15 is 0 Å². The third-order valence-electron chi connectivity index (χ3n) is 1.72. The maximum Gasteiger partial charge on any atom is 0.131 e. The Balaban J connectivity index is 0.000000810. The van der Waals surface area contributed by atoms with Crippen LogP contribution >= 0.6 is 12.4 Å². The molecule has 0 bridgehead atoms. The monoisotopic (exact) mass is 158 g/mol. The lowest BCUT2D eigenvalue weighted by Gasteiger charge is -1.97. The van der Waals surface area contributed by atoms with E-state index in [-0.39, 0.29) is 12.4 Å². The maximum absolute atomic E-state index is 3.88. The van der Waals surface area contributed by atoms with Crippen molar-refractivity contribution in [1.82, 2.24) is 0 Å². The molecule has 0 aliphatic carbocycles. The van der Waals surface area contributed by atoms with Gasteiger partial charge in [-0.2, -0.15) is 0 Å². The van der Waals surface area contributed by atoms with E-state index in [4.69, 9.17) is 0 Å². The summed E-state index contributed by atoms with van der Waals surface area (Å²) in [4.78, 5) is 0. The summed E-state index contributed by atoms with van der Waals surface area (Å²) in [6.07, 6.45) is 0. The first kappa shape index (κ1) is 9.47. The second-order valence-corrected chi connectivity index (χ2v) is 2.36. The van der Waals surface area contributed by atoms with Crippen LogP contribution in [0.1, 0.15) is 11.1 Å². The molecular weight excluding hydrogens is 146 g/mol. The van der Waals surface area contributed by atoms with E-state index in [1.165, 1.54) is 11.1 Å². The van der Waals surface area contributed by atoms with E-state index in [1.54, 1.807) is 0 Å². The minimum atomic E-state index is 0. The van der Waals surface area contributed by atoms with Gasteiger partial charge in [0.05, 0.1) is 0 Å². The van der Waals surface area contributed by atoms with E-state index in [0.717, 1.165) is 5.69 Å². The maximum atomic E-state index is 3.88. The molecule has 1 aromatic rings. The number of rotatable bonds is 0. The zero-order valence-corrected chi connectivity index (χ0v) is 7.16. The molecule has 0 saturated carbocycles. The van der Waals surface area contributed by atoms with Crippen LogP contribution in [0.25, 0.3) is 0 Å². The highest BCUT2D eigenvalue weighted by Gasteiger charge is 1.96. The zero-order chi connectivity index (χ0) is 6.85. The van der Waals surface area contributed by atoms with Crippen LogP contribution in [-0.2, 0) is 0 Å². The summed E-state index contributed by atoms with van der Waals surface area (Å²) in [5.74, 6) is 0. The first-order valence-electron chi connectivity index (χ1n) is 3.10. The molecule has 0 fully saturated rings. The van der Waals surface area contributed by atoms with Gasteiger partial charge in [0.25, 0.3) is 0 Å². The van der Waals surface area contributed by atoms with Gasteiger partial charge in [0, 0.05) is 5.56 Å². The number of hydrogen-bond donors (Lipinski definition) is 1. The molecule has 56 valence electrons. The fourth-order valence-electron chi connectivity index (χ4n) is 0.812. The summed E-state index contributed by atoms with van der Waals surface area (Å²) in [5.41, 5.74) is 7.64. The lowest BCUT2D eigenvalue weighted by atomic mass is 10.1. The molecule has 0 aliphatic heterocycles. The highest BCUT2D eigenvalue weighted by molar-refractivity contribution is 5.85. The molecule has 1 aromatic carbocycles. The average Bonchev–Trinajstić information content (AvgIpc) is 1.83. The van der Waals surface area contributed by atoms with E-state index in [9.17, 15) is 0 Å². The molecule has 0 atom stereocenters. The topological polar surface area (TPSA) is 27.6 Å². The predicted octanol–water partition coefficient (Wildman–Crippen LogP) is 1.60. The molecule has 0 aromatic heterocycles. The molecule has 2 heteroatoms. The Morgan fingerprint density at radius 3 is 2.20 bits per heavy atom. The molecule has 3 N–H and O–H groups in total. The smallest absolute Gasteiger partial charge is 0.131 e. The Bertz CT molecular complexity index is 200. The van der Waals surface area contributed by atoms with Crippen molar-refractivity contribution < 1.29 is 5.73 Å². The number of halogens is 1. The highest BCUT2D eigenvalue weighted by Crippen LogP contribution is 2.11. The Labute approximate surface area is 67.7 Å². The van der Waals surface area contributed by atoms with Crippen LogP contribution in [0.15, 0.2) is 18.2 Å². The summed E-state index contributed by atoms with van der Waals surface area (Å²) in [6, 6.07) is 6.16. The molecule has 0 heterocycles. The molecule has 1 rings (SSSR count). The molecule has 1 nitrogen and oxygen atoms in total. The fraction of sp³-hybridized carbons (Fsp3) is 0.250. The summed E-state index contributed by atoms with van der Waals surface area (Å²) in [6.45, 7) is 4.20. The summed E-state index contributed by atoms with van der Waals surface area (Å²) in [7, 11) is 0. The van der Waals surface area contributed by atoms with Gasteiger partial charge in [-0.15, -0.1) is 12.4 Å². The lowest BCUT2D eigenvalue weighted by Crippen LogP contribution is -2.41. The van der Waals surface area contributed by atoms with Crippen molar-refractivity contribution in [2.24, 2.45) is 0 Å². The van der Waals surface area contributed by atoms with Crippen LogP contribution in [0.3, 0.4) is 0 Å².